The summed E-state index contributed by atoms with van der Waals surface area (Å²) in [6.45, 7) is 0.970. The predicted molar refractivity (Wildman–Crippen MR) is 89.7 cm³/mol. The molecule has 1 aromatic heterocycles. The third kappa shape index (κ3) is 3.43. The van der Waals surface area contributed by atoms with Gasteiger partial charge in [0.2, 0.25) is 0 Å². The van der Waals surface area contributed by atoms with Crippen LogP contribution in [0.15, 0.2) is 42.6 Å². The molecule has 1 aromatic carbocycles. The van der Waals surface area contributed by atoms with Crippen molar-refractivity contribution in [3.8, 4) is 0 Å². The molecular weight excluding hydrogens is 316 g/mol. The van der Waals surface area contributed by atoms with Crippen LogP contribution in [0.5, 0.6) is 0 Å². The molecule has 0 spiro atoms. The Morgan fingerprint density at radius 2 is 2.04 bits per heavy atom. The SMILES string of the molecule is CN1CCC(Nc2ccc([N+](=O)[O-])cn2)C1c1ccc(Cl)cc1. The largest absolute Gasteiger partial charge is 0.365 e. The maximum atomic E-state index is 10.7. The molecule has 23 heavy (non-hydrogen) atoms. The first-order valence-corrected chi connectivity index (χ1v) is 7.75. The summed E-state index contributed by atoms with van der Waals surface area (Å²) < 4.78 is 0. The van der Waals surface area contributed by atoms with E-state index in [0.29, 0.717) is 5.82 Å². The minimum absolute atomic E-state index is 0.00617. The van der Waals surface area contributed by atoms with Crippen LogP contribution in [0, 0.1) is 10.1 Å². The number of rotatable bonds is 4. The Labute approximate surface area is 139 Å². The van der Waals surface area contributed by atoms with E-state index in [1.165, 1.54) is 17.8 Å². The van der Waals surface area contributed by atoms with Gasteiger partial charge in [-0.05, 0) is 37.2 Å². The molecule has 1 aliphatic rings. The lowest BCUT2D eigenvalue weighted by atomic mass is 10.0. The first-order valence-electron chi connectivity index (χ1n) is 7.37. The average molecular weight is 333 g/mol. The highest BCUT2D eigenvalue weighted by atomic mass is 35.5. The standard InChI is InChI=1S/C16H17ClN4O2/c1-20-9-8-14(16(20)11-2-4-12(17)5-3-11)19-15-7-6-13(10-18-15)21(22)23/h2-7,10,14,16H,8-9H2,1H3,(H,18,19). The zero-order valence-electron chi connectivity index (χ0n) is 12.6. The molecular formula is C16H17ClN4O2. The maximum Gasteiger partial charge on any atom is 0.287 e. The Balaban J connectivity index is 1.78. The number of hydrogen-bond acceptors (Lipinski definition) is 5. The minimum atomic E-state index is -0.448. The zero-order valence-corrected chi connectivity index (χ0v) is 13.4. The first-order chi connectivity index (χ1) is 11.0. The van der Waals surface area contributed by atoms with Crippen molar-refractivity contribution in [2.24, 2.45) is 0 Å². The smallest absolute Gasteiger partial charge is 0.287 e. The molecule has 2 unspecified atom stereocenters. The van der Waals surface area contributed by atoms with E-state index in [0.717, 1.165) is 18.0 Å². The topological polar surface area (TPSA) is 71.3 Å². The van der Waals surface area contributed by atoms with Gasteiger partial charge in [0.25, 0.3) is 5.69 Å². The summed E-state index contributed by atoms with van der Waals surface area (Å²) in [5.74, 6) is 0.648. The minimum Gasteiger partial charge on any atom is -0.365 e. The molecule has 6 nitrogen and oxygen atoms in total. The molecule has 0 bridgehead atoms. The summed E-state index contributed by atoms with van der Waals surface area (Å²) in [5, 5.41) is 14.8. The van der Waals surface area contributed by atoms with Crippen LogP contribution in [0.3, 0.4) is 0 Å². The van der Waals surface area contributed by atoms with E-state index in [-0.39, 0.29) is 17.8 Å². The van der Waals surface area contributed by atoms with E-state index in [1.54, 1.807) is 6.07 Å². The molecule has 0 saturated carbocycles. The van der Waals surface area contributed by atoms with Gasteiger partial charge in [-0.25, -0.2) is 4.98 Å². The summed E-state index contributed by atoms with van der Waals surface area (Å²) in [4.78, 5) is 16.7. The molecule has 1 aliphatic heterocycles. The molecule has 2 heterocycles. The maximum absolute atomic E-state index is 10.7. The normalized spacial score (nSPS) is 21.3. The lowest BCUT2D eigenvalue weighted by Gasteiger charge is -2.26. The number of pyridine rings is 1. The third-order valence-corrected chi connectivity index (χ3v) is 4.40. The molecule has 2 aromatic rings. The molecule has 0 aliphatic carbocycles. The lowest BCUT2D eigenvalue weighted by Crippen LogP contribution is -2.29. The van der Waals surface area contributed by atoms with Gasteiger partial charge in [0.15, 0.2) is 0 Å². The molecule has 3 rings (SSSR count). The molecule has 0 radical (unpaired) electrons. The number of nitrogens with zero attached hydrogens (tertiary/aromatic N) is 3. The van der Waals surface area contributed by atoms with Gasteiger partial charge in [-0.2, -0.15) is 0 Å². The highest BCUT2D eigenvalue weighted by molar-refractivity contribution is 6.30. The van der Waals surface area contributed by atoms with Crippen LogP contribution >= 0.6 is 11.6 Å². The summed E-state index contributed by atoms with van der Waals surface area (Å²) in [6.07, 6.45) is 2.25. The van der Waals surface area contributed by atoms with Crippen molar-refractivity contribution >= 4 is 23.1 Å². The Morgan fingerprint density at radius 1 is 1.30 bits per heavy atom. The molecule has 2 atom stereocenters. The zero-order chi connectivity index (χ0) is 16.4. The average Bonchev–Trinajstić information content (AvgIpc) is 2.89. The van der Waals surface area contributed by atoms with Gasteiger partial charge >= 0.3 is 0 Å². The quantitative estimate of drug-likeness (QED) is 0.685. The van der Waals surface area contributed by atoms with Crippen molar-refractivity contribution in [1.82, 2.24) is 9.88 Å². The molecule has 1 fully saturated rings. The van der Waals surface area contributed by atoms with Crippen LogP contribution in [0.4, 0.5) is 11.5 Å². The van der Waals surface area contributed by atoms with Crippen molar-refractivity contribution in [3.05, 3.63) is 63.3 Å². The fourth-order valence-electron chi connectivity index (χ4n) is 3.01. The van der Waals surface area contributed by atoms with Crippen LogP contribution in [0.1, 0.15) is 18.0 Å². The van der Waals surface area contributed by atoms with Gasteiger partial charge < -0.3 is 5.32 Å². The van der Waals surface area contributed by atoms with E-state index < -0.39 is 4.92 Å². The van der Waals surface area contributed by atoms with E-state index in [2.05, 4.69) is 22.2 Å². The van der Waals surface area contributed by atoms with Crippen LogP contribution in [0.2, 0.25) is 5.02 Å². The molecule has 1 N–H and O–H groups in total. The van der Waals surface area contributed by atoms with Crippen LogP contribution < -0.4 is 5.32 Å². The monoisotopic (exact) mass is 332 g/mol. The number of nitro groups is 1. The van der Waals surface area contributed by atoms with Crippen molar-refractivity contribution in [3.63, 3.8) is 0 Å². The van der Waals surface area contributed by atoms with Crippen molar-refractivity contribution in [2.45, 2.75) is 18.5 Å². The second-order valence-corrected chi connectivity index (χ2v) is 6.11. The number of hydrogen-bond donors (Lipinski definition) is 1. The fourth-order valence-corrected chi connectivity index (χ4v) is 3.14. The molecule has 7 heteroatoms. The van der Waals surface area contributed by atoms with Gasteiger partial charge in [-0.15, -0.1) is 0 Å². The van der Waals surface area contributed by atoms with E-state index in [4.69, 9.17) is 11.6 Å². The highest BCUT2D eigenvalue weighted by Gasteiger charge is 2.33. The van der Waals surface area contributed by atoms with E-state index in [1.807, 2.05) is 24.3 Å². The van der Waals surface area contributed by atoms with Crippen molar-refractivity contribution in [2.75, 3.05) is 18.9 Å². The number of likely N-dealkylation sites (tertiary alicyclic amines) is 1. The van der Waals surface area contributed by atoms with E-state index >= 15 is 0 Å². The van der Waals surface area contributed by atoms with Gasteiger partial charge in [0, 0.05) is 23.7 Å². The Kier molecular flexibility index (Phi) is 4.45. The van der Waals surface area contributed by atoms with Gasteiger partial charge in [-0.3, -0.25) is 15.0 Å². The molecule has 1 saturated heterocycles. The van der Waals surface area contributed by atoms with Gasteiger partial charge in [-0.1, -0.05) is 23.7 Å². The number of anilines is 1. The van der Waals surface area contributed by atoms with E-state index in [9.17, 15) is 10.1 Å². The predicted octanol–water partition coefficient (Wildman–Crippen LogP) is 3.50. The Hall–Kier alpha value is -2.18. The van der Waals surface area contributed by atoms with Crippen molar-refractivity contribution in [1.29, 1.82) is 0 Å². The van der Waals surface area contributed by atoms with Crippen LogP contribution in [-0.2, 0) is 0 Å². The van der Waals surface area contributed by atoms with Gasteiger partial charge in [0.05, 0.1) is 11.0 Å². The number of halogens is 1. The number of nitrogens with one attached hydrogen (secondary N) is 1. The summed E-state index contributed by atoms with van der Waals surface area (Å²) in [5.41, 5.74) is 1.18. The number of benzene rings is 1. The lowest BCUT2D eigenvalue weighted by molar-refractivity contribution is -0.385. The summed E-state index contributed by atoms with van der Waals surface area (Å²) in [7, 11) is 2.09. The number of likely N-dealkylation sites (N-methyl/N-ethyl adjacent to an activating group) is 1. The molecule has 120 valence electrons. The number of aromatic nitrogens is 1. The summed E-state index contributed by atoms with van der Waals surface area (Å²) >= 11 is 5.97. The van der Waals surface area contributed by atoms with Crippen molar-refractivity contribution < 1.29 is 4.92 Å². The second-order valence-electron chi connectivity index (χ2n) is 5.68. The third-order valence-electron chi connectivity index (χ3n) is 4.15. The second kappa shape index (κ2) is 6.52. The van der Waals surface area contributed by atoms with Crippen LogP contribution in [-0.4, -0.2) is 34.4 Å². The van der Waals surface area contributed by atoms with Crippen LogP contribution in [0.25, 0.3) is 0 Å². The Morgan fingerprint density at radius 3 is 2.65 bits per heavy atom. The summed E-state index contributed by atoms with van der Waals surface area (Å²) in [6, 6.07) is 11.4. The highest BCUT2D eigenvalue weighted by Crippen LogP contribution is 2.33. The fraction of sp³-hybridized carbons (Fsp3) is 0.312. The first kappa shape index (κ1) is 15.7. The molecule has 0 amide bonds. The van der Waals surface area contributed by atoms with Gasteiger partial charge in [0.1, 0.15) is 12.0 Å². The Bertz CT molecular complexity index is 690.